The number of hydrogen-bond acceptors (Lipinski definition) is 3. The lowest BCUT2D eigenvalue weighted by molar-refractivity contribution is 0.0746. The van der Waals surface area contributed by atoms with Gasteiger partial charge in [-0.3, -0.25) is 4.79 Å². The third-order valence-electron chi connectivity index (χ3n) is 4.37. The number of thiophene rings is 1. The summed E-state index contributed by atoms with van der Waals surface area (Å²) in [5.74, 6) is 0.214. The minimum Gasteiger partial charge on any atom is -0.334 e. The van der Waals surface area contributed by atoms with Crippen LogP contribution in [0.4, 0.5) is 0 Å². The lowest BCUT2D eigenvalue weighted by Gasteiger charge is -2.22. The zero-order chi connectivity index (χ0) is 13.2. The second kappa shape index (κ2) is 6.92. The molecule has 1 atom stereocenters. The highest BCUT2D eigenvalue weighted by Gasteiger charge is 2.29. The molecule has 2 heterocycles. The number of amides is 1. The number of carbonyl (C=O) groups excluding carboxylic acids is 1. The van der Waals surface area contributed by atoms with Gasteiger partial charge in [0, 0.05) is 24.0 Å². The molecule has 3 rings (SSSR count). The summed E-state index contributed by atoms with van der Waals surface area (Å²) >= 11 is 1.72. The second-order valence-corrected chi connectivity index (χ2v) is 6.79. The van der Waals surface area contributed by atoms with Gasteiger partial charge in [0.1, 0.15) is 0 Å². The van der Waals surface area contributed by atoms with Crippen LogP contribution in [-0.2, 0) is 12.8 Å². The summed E-state index contributed by atoms with van der Waals surface area (Å²) in [6.07, 6.45) is 8.34. The molecule has 1 unspecified atom stereocenters. The highest BCUT2D eigenvalue weighted by Crippen LogP contribution is 2.31. The van der Waals surface area contributed by atoms with E-state index in [1.165, 1.54) is 29.7 Å². The van der Waals surface area contributed by atoms with Gasteiger partial charge < -0.3 is 10.6 Å². The van der Waals surface area contributed by atoms with Crippen molar-refractivity contribution in [3.63, 3.8) is 0 Å². The summed E-state index contributed by atoms with van der Waals surface area (Å²) in [6.45, 7) is 1.47. The minimum absolute atomic E-state index is 0. The molecule has 3 nitrogen and oxygen atoms in total. The fraction of sp³-hybridized carbons (Fsp3) is 0.667. The summed E-state index contributed by atoms with van der Waals surface area (Å²) in [5.41, 5.74) is 7.19. The molecule has 20 heavy (non-hydrogen) atoms. The quantitative estimate of drug-likeness (QED) is 0.853. The van der Waals surface area contributed by atoms with Crippen molar-refractivity contribution in [2.75, 3.05) is 13.1 Å². The van der Waals surface area contributed by atoms with Crippen LogP contribution in [0, 0.1) is 0 Å². The molecular formula is C15H23ClN2OS. The van der Waals surface area contributed by atoms with Gasteiger partial charge in [0.2, 0.25) is 0 Å². The fourth-order valence-corrected chi connectivity index (χ4v) is 4.47. The standard InChI is InChI=1S/C15H22N2OS.ClH/c16-10-12-6-4-8-17(12)15(18)14-9-11-5-2-1-3-7-13(11)19-14;/h9,12H,1-8,10,16H2;1H. The number of hydrogen-bond donors (Lipinski definition) is 1. The van der Waals surface area contributed by atoms with Crippen molar-refractivity contribution >= 4 is 29.7 Å². The normalized spacial score (nSPS) is 22.1. The Morgan fingerprint density at radius 1 is 1.30 bits per heavy atom. The molecule has 0 aromatic carbocycles. The molecule has 1 saturated heterocycles. The molecule has 1 amide bonds. The second-order valence-electron chi connectivity index (χ2n) is 5.65. The van der Waals surface area contributed by atoms with Gasteiger partial charge in [-0.15, -0.1) is 23.7 Å². The van der Waals surface area contributed by atoms with Crippen molar-refractivity contribution in [3.05, 3.63) is 21.4 Å². The molecule has 0 saturated carbocycles. The predicted octanol–water partition coefficient (Wildman–Crippen LogP) is 3.00. The Morgan fingerprint density at radius 2 is 2.10 bits per heavy atom. The Hall–Kier alpha value is -0.580. The zero-order valence-corrected chi connectivity index (χ0v) is 13.4. The molecule has 112 valence electrons. The molecule has 1 aromatic rings. The van der Waals surface area contributed by atoms with Gasteiger partial charge in [-0.2, -0.15) is 0 Å². The van der Waals surface area contributed by atoms with E-state index in [1.54, 1.807) is 11.3 Å². The Bertz CT molecular complexity index is 451. The van der Waals surface area contributed by atoms with E-state index in [1.807, 2.05) is 4.90 Å². The van der Waals surface area contributed by atoms with E-state index in [-0.39, 0.29) is 24.4 Å². The molecule has 0 radical (unpaired) electrons. The molecule has 5 heteroatoms. The minimum atomic E-state index is 0. The monoisotopic (exact) mass is 314 g/mol. The van der Waals surface area contributed by atoms with E-state index in [4.69, 9.17) is 5.73 Å². The molecule has 1 fully saturated rings. The predicted molar refractivity (Wildman–Crippen MR) is 85.9 cm³/mol. The number of carbonyl (C=O) groups is 1. The number of likely N-dealkylation sites (tertiary alicyclic amines) is 1. The van der Waals surface area contributed by atoms with E-state index >= 15 is 0 Å². The van der Waals surface area contributed by atoms with E-state index in [0.717, 1.165) is 37.1 Å². The summed E-state index contributed by atoms with van der Waals surface area (Å²) in [5, 5.41) is 0. The SMILES string of the molecule is Cl.NCC1CCCN1C(=O)c1cc2c(s1)CCCCC2. The largest absolute Gasteiger partial charge is 0.334 e. The van der Waals surface area contributed by atoms with Gasteiger partial charge in [0.05, 0.1) is 4.88 Å². The van der Waals surface area contributed by atoms with Crippen LogP contribution in [0.1, 0.15) is 52.2 Å². The van der Waals surface area contributed by atoms with E-state index in [9.17, 15) is 4.79 Å². The molecule has 0 bridgehead atoms. The van der Waals surface area contributed by atoms with Crippen LogP contribution in [0.3, 0.4) is 0 Å². The highest BCUT2D eigenvalue weighted by molar-refractivity contribution is 7.14. The summed E-state index contributed by atoms with van der Waals surface area (Å²) in [7, 11) is 0. The number of halogens is 1. The van der Waals surface area contributed by atoms with Crippen molar-refractivity contribution in [3.8, 4) is 0 Å². The Morgan fingerprint density at radius 3 is 2.90 bits per heavy atom. The van der Waals surface area contributed by atoms with Crippen molar-refractivity contribution in [1.82, 2.24) is 4.90 Å². The van der Waals surface area contributed by atoms with Gasteiger partial charge in [-0.25, -0.2) is 0 Å². The average molecular weight is 315 g/mol. The van der Waals surface area contributed by atoms with Gasteiger partial charge in [0.25, 0.3) is 5.91 Å². The van der Waals surface area contributed by atoms with Crippen LogP contribution < -0.4 is 5.73 Å². The first-order chi connectivity index (χ1) is 9.29. The number of nitrogens with two attached hydrogens (primary N) is 1. The first-order valence-corrected chi connectivity index (χ1v) is 8.24. The van der Waals surface area contributed by atoms with Crippen LogP contribution in [0.5, 0.6) is 0 Å². The molecule has 1 aromatic heterocycles. The lowest BCUT2D eigenvalue weighted by atomic mass is 10.1. The van der Waals surface area contributed by atoms with Crippen LogP contribution >= 0.6 is 23.7 Å². The maximum atomic E-state index is 12.6. The van der Waals surface area contributed by atoms with Crippen LogP contribution in [-0.4, -0.2) is 29.9 Å². The molecule has 1 aliphatic carbocycles. The smallest absolute Gasteiger partial charge is 0.264 e. The molecule has 1 aliphatic heterocycles. The van der Waals surface area contributed by atoms with Crippen LogP contribution in [0.15, 0.2) is 6.07 Å². The Balaban J connectivity index is 0.00000147. The number of rotatable bonds is 2. The number of aryl methyl sites for hydroxylation is 2. The van der Waals surface area contributed by atoms with Gasteiger partial charge in [0.15, 0.2) is 0 Å². The van der Waals surface area contributed by atoms with Crippen molar-refractivity contribution in [2.24, 2.45) is 5.73 Å². The fourth-order valence-electron chi connectivity index (χ4n) is 3.26. The van der Waals surface area contributed by atoms with Gasteiger partial charge in [-0.1, -0.05) is 6.42 Å². The molecular weight excluding hydrogens is 292 g/mol. The lowest BCUT2D eigenvalue weighted by Crippen LogP contribution is -2.39. The average Bonchev–Trinajstić information content (AvgIpc) is 3.00. The van der Waals surface area contributed by atoms with Crippen molar-refractivity contribution in [2.45, 2.75) is 51.0 Å². The Kier molecular flexibility index (Phi) is 5.47. The third kappa shape index (κ3) is 3.02. The van der Waals surface area contributed by atoms with Gasteiger partial charge >= 0.3 is 0 Å². The summed E-state index contributed by atoms with van der Waals surface area (Å²) in [4.78, 5) is 17.0. The van der Waals surface area contributed by atoms with Gasteiger partial charge in [-0.05, 0) is 50.2 Å². The van der Waals surface area contributed by atoms with Crippen molar-refractivity contribution < 1.29 is 4.79 Å². The number of nitrogens with zero attached hydrogens (tertiary/aromatic N) is 1. The van der Waals surface area contributed by atoms with E-state index in [0.29, 0.717) is 6.54 Å². The van der Waals surface area contributed by atoms with E-state index in [2.05, 4.69) is 6.07 Å². The van der Waals surface area contributed by atoms with Crippen LogP contribution in [0.2, 0.25) is 0 Å². The maximum absolute atomic E-state index is 12.6. The van der Waals surface area contributed by atoms with E-state index < -0.39 is 0 Å². The summed E-state index contributed by atoms with van der Waals surface area (Å²) < 4.78 is 0. The maximum Gasteiger partial charge on any atom is 0.264 e. The first kappa shape index (κ1) is 15.8. The highest BCUT2D eigenvalue weighted by atomic mass is 35.5. The van der Waals surface area contributed by atoms with Crippen LogP contribution in [0.25, 0.3) is 0 Å². The Labute approximate surface area is 130 Å². The third-order valence-corrected chi connectivity index (χ3v) is 5.59. The zero-order valence-electron chi connectivity index (χ0n) is 11.8. The summed E-state index contributed by atoms with van der Waals surface area (Å²) in [6, 6.07) is 2.41. The number of fused-ring (bicyclic) bond motifs is 1. The first-order valence-electron chi connectivity index (χ1n) is 7.42. The molecule has 2 N–H and O–H groups in total. The molecule has 0 spiro atoms. The van der Waals surface area contributed by atoms with Crippen molar-refractivity contribution in [1.29, 1.82) is 0 Å². The molecule has 2 aliphatic rings. The topological polar surface area (TPSA) is 46.3 Å².